The second-order valence-electron chi connectivity index (χ2n) is 3.54. The number of aromatic nitrogens is 2. The van der Waals surface area contributed by atoms with E-state index in [4.69, 9.17) is 5.11 Å². The predicted molar refractivity (Wildman–Crippen MR) is 69.2 cm³/mol. The van der Waals surface area contributed by atoms with Gasteiger partial charge in [-0.25, -0.2) is 14.6 Å². The molecule has 2 aromatic rings. The summed E-state index contributed by atoms with van der Waals surface area (Å²) in [6, 6.07) is 1.52. The number of carbonyl (C=O) groups excluding carboxylic acids is 2. The summed E-state index contributed by atoms with van der Waals surface area (Å²) in [6.45, 7) is 0. The molecule has 0 bridgehead atoms. The number of rotatable bonds is 4. The standard InChI is InChI=1S/C11H9N3O5S/c1-19-11(18)8-5(2-3-20-8)14-9(15)6-7(10(16)17)13-4-12-6/h2-4H,1H3,(H,12,13)(H,14,15)(H,16,17). The summed E-state index contributed by atoms with van der Waals surface area (Å²) < 4.78 is 4.57. The van der Waals surface area contributed by atoms with Crippen molar-refractivity contribution in [3.8, 4) is 0 Å². The van der Waals surface area contributed by atoms with E-state index in [9.17, 15) is 14.4 Å². The van der Waals surface area contributed by atoms with Gasteiger partial charge in [0.2, 0.25) is 0 Å². The molecule has 0 unspecified atom stereocenters. The molecule has 0 aliphatic carbocycles. The number of anilines is 1. The number of carbonyl (C=O) groups is 3. The van der Waals surface area contributed by atoms with Crippen LogP contribution in [-0.2, 0) is 4.74 Å². The maximum absolute atomic E-state index is 12.0. The molecule has 0 aromatic carbocycles. The van der Waals surface area contributed by atoms with Crippen LogP contribution in [0.3, 0.4) is 0 Å². The average molecular weight is 295 g/mol. The van der Waals surface area contributed by atoms with Gasteiger partial charge in [0.1, 0.15) is 4.88 Å². The number of hydrogen-bond acceptors (Lipinski definition) is 6. The maximum Gasteiger partial charge on any atom is 0.354 e. The molecule has 9 heteroatoms. The Hall–Kier alpha value is -2.68. The van der Waals surface area contributed by atoms with E-state index in [0.29, 0.717) is 0 Å². The number of amides is 1. The van der Waals surface area contributed by atoms with Crippen LogP contribution < -0.4 is 5.32 Å². The third-order valence-electron chi connectivity index (χ3n) is 2.35. The first kappa shape index (κ1) is 13.7. The number of hydrogen-bond donors (Lipinski definition) is 3. The van der Waals surface area contributed by atoms with Gasteiger partial charge in [-0.15, -0.1) is 11.3 Å². The zero-order valence-electron chi connectivity index (χ0n) is 10.2. The van der Waals surface area contributed by atoms with Crippen molar-refractivity contribution in [3.63, 3.8) is 0 Å². The van der Waals surface area contributed by atoms with Crippen molar-refractivity contribution in [2.24, 2.45) is 0 Å². The van der Waals surface area contributed by atoms with Gasteiger partial charge >= 0.3 is 11.9 Å². The Labute approximate surface area is 116 Å². The summed E-state index contributed by atoms with van der Waals surface area (Å²) in [5.41, 5.74) is -0.344. The van der Waals surface area contributed by atoms with Crippen molar-refractivity contribution >= 4 is 34.9 Å². The van der Waals surface area contributed by atoms with Crippen molar-refractivity contribution < 1.29 is 24.2 Å². The van der Waals surface area contributed by atoms with Gasteiger partial charge in [-0.1, -0.05) is 0 Å². The third-order valence-corrected chi connectivity index (χ3v) is 3.25. The number of methoxy groups -OCH3 is 1. The van der Waals surface area contributed by atoms with E-state index in [1.165, 1.54) is 13.2 Å². The van der Waals surface area contributed by atoms with Crippen LogP contribution in [0.2, 0.25) is 0 Å². The fourth-order valence-electron chi connectivity index (χ4n) is 1.47. The normalized spacial score (nSPS) is 10.1. The predicted octanol–water partition coefficient (Wildman–Crippen LogP) is 1.21. The average Bonchev–Trinajstić information content (AvgIpc) is 3.06. The van der Waals surface area contributed by atoms with Gasteiger partial charge in [-0.2, -0.15) is 0 Å². The van der Waals surface area contributed by atoms with Gasteiger partial charge in [-0.3, -0.25) is 4.79 Å². The summed E-state index contributed by atoms with van der Waals surface area (Å²) in [7, 11) is 1.23. The van der Waals surface area contributed by atoms with Gasteiger partial charge in [0.05, 0.1) is 19.1 Å². The van der Waals surface area contributed by atoms with Crippen molar-refractivity contribution in [1.29, 1.82) is 0 Å². The first-order valence-electron chi connectivity index (χ1n) is 5.28. The van der Waals surface area contributed by atoms with E-state index in [1.807, 2.05) is 0 Å². The fourth-order valence-corrected chi connectivity index (χ4v) is 2.24. The SMILES string of the molecule is COC(=O)c1sccc1NC(=O)c1nc[nH]c1C(=O)O. The van der Waals surface area contributed by atoms with Crippen LogP contribution in [0.4, 0.5) is 5.69 Å². The lowest BCUT2D eigenvalue weighted by atomic mass is 10.3. The van der Waals surface area contributed by atoms with E-state index in [2.05, 4.69) is 20.0 Å². The molecule has 0 atom stereocenters. The molecule has 104 valence electrons. The van der Waals surface area contributed by atoms with Crippen LogP contribution in [0.5, 0.6) is 0 Å². The molecule has 20 heavy (non-hydrogen) atoms. The third kappa shape index (κ3) is 2.52. The number of ether oxygens (including phenoxy) is 1. The quantitative estimate of drug-likeness (QED) is 0.729. The van der Waals surface area contributed by atoms with Crippen molar-refractivity contribution in [2.75, 3.05) is 12.4 Å². The number of carboxylic acid groups (broad SMARTS) is 1. The van der Waals surface area contributed by atoms with Crippen LogP contribution in [0.1, 0.15) is 30.6 Å². The van der Waals surface area contributed by atoms with Gasteiger partial charge in [0.25, 0.3) is 5.91 Å². The highest BCUT2D eigenvalue weighted by Crippen LogP contribution is 2.23. The Morgan fingerprint density at radius 3 is 2.85 bits per heavy atom. The number of aromatic amines is 1. The maximum atomic E-state index is 12.0. The molecule has 0 aliphatic heterocycles. The monoisotopic (exact) mass is 295 g/mol. The highest BCUT2D eigenvalue weighted by Gasteiger charge is 2.22. The molecule has 0 saturated heterocycles. The molecule has 0 spiro atoms. The molecule has 0 saturated carbocycles. The Kier molecular flexibility index (Phi) is 3.80. The molecular formula is C11H9N3O5S. The molecule has 0 fully saturated rings. The molecule has 3 N–H and O–H groups in total. The number of H-pyrrole nitrogens is 1. The Balaban J connectivity index is 2.24. The fraction of sp³-hybridized carbons (Fsp3) is 0.0909. The summed E-state index contributed by atoms with van der Waals surface area (Å²) in [5.74, 6) is -2.62. The van der Waals surface area contributed by atoms with Gasteiger partial charge in [0.15, 0.2) is 11.4 Å². The first-order chi connectivity index (χ1) is 9.54. The van der Waals surface area contributed by atoms with E-state index in [1.54, 1.807) is 5.38 Å². The lowest BCUT2D eigenvalue weighted by Gasteiger charge is -2.04. The lowest BCUT2D eigenvalue weighted by molar-refractivity contribution is 0.0606. The van der Waals surface area contributed by atoms with Crippen molar-refractivity contribution in [3.05, 3.63) is 34.0 Å². The molecule has 0 radical (unpaired) electrons. The largest absolute Gasteiger partial charge is 0.477 e. The number of aromatic carboxylic acids is 1. The zero-order chi connectivity index (χ0) is 14.7. The lowest BCUT2D eigenvalue weighted by Crippen LogP contribution is -2.17. The van der Waals surface area contributed by atoms with E-state index >= 15 is 0 Å². The van der Waals surface area contributed by atoms with Crippen LogP contribution in [-0.4, -0.2) is 40.0 Å². The molecule has 8 nitrogen and oxygen atoms in total. The number of esters is 1. The van der Waals surface area contributed by atoms with E-state index < -0.39 is 17.8 Å². The minimum atomic E-state index is -1.30. The number of nitrogens with one attached hydrogen (secondary N) is 2. The molecule has 2 rings (SSSR count). The zero-order valence-corrected chi connectivity index (χ0v) is 11.0. The first-order valence-corrected chi connectivity index (χ1v) is 6.16. The molecule has 1 amide bonds. The minimum absolute atomic E-state index is 0.216. The summed E-state index contributed by atoms with van der Waals surface area (Å²) in [4.78, 5) is 40.5. The van der Waals surface area contributed by atoms with Crippen LogP contribution >= 0.6 is 11.3 Å². The second kappa shape index (κ2) is 5.53. The van der Waals surface area contributed by atoms with Crippen molar-refractivity contribution in [2.45, 2.75) is 0 Å². The van der Waals surface area contributed by atoms with Gasteiger partial charge in [-0.05, 0) is 11.4 Å². The second-order valence-corrected chi connectivity index (χ2v) is 4.46. The number of nitrogens with zero attached hydrogens (tertiary/aromatic N) is 1. The van der Waals surface area contributed by atoms with Crippen LogP contribution in [0, 0.1) is 0 Å². The number of thiophene rings is 1. The molecule has 2 aromatic heterocycles. The highest BCUT2D eigenvalue weighted by molar-refractivity contribution is 7.12. The number of imidazole rings is 1. The summed E-state index contributed by atoms with van der Waals surface area (Å²) >= 11 is 1.10. The Bertz CT molecular complexity index is 675. The van der Waals surface area contributed by atoms with Crippen molar-refractivity contribution in [1.82, 2.24) is 9.97 Å². The molecular weight excluding hydrogens is 286 g/mol. The molecule has 0 aliphatic rings. The van der Waals surface area contributed by atoms with Gasteiger partial charge < -0.3 is 20.1 Å². The molecule has 2 heterocycles. The smallest absolute Gasteiger partial charge is 0.354 e. The minimum Gasteiger partial charge on any atom is -0.477 e. The van der Waals surface area contributed by atoms with E-state index in [-0.39, 0.29) is 22.0 Å². The van der Waals surface area contributed by atoms with Crippen LogP contribution in [0.15, 0.2) is 17.8 Å². The number of carboxylic acids is 1. The summed E-state index contributed by atoms with van der Waals surface area (Å²) in [6.07, 6.45) is 1.10. The van der Waals surface area contributed by atoms with E-state index in [0.717, 1.165) is 17.7 Å². The highest BCUT2D eigenvalue weighted by atomic mass is 32.1. The topological polar surface area (TPSA) is 121 Å². The van der Waals surface area contributed by atoms with Gasteiger partial charge in [0, 0.05) is 0 Å². The Morgan fingerprint density at radius 1 is 1.45 bits per heavy atom. The Morgan fingerprint density at radius 2 is 2.20 bits per heavy atom. The van der Waals surface area contributed by atoms with Crippen LogP contribution in [0.25, 0.3) is 0 Å². The summed E-state index contributed by atoms with van der Waals surface area (Å²) in [5, 5.41) is 12.9.